The van der Waals surface area contributed by atoms with Crippen LogP contribution in [0.1, 0.15) is 149 Å². The number of unbranched alkanes of at least 4 members (excludes halogenated alkanes) is 15. The first-order valence-corrected chi connectivity index (χ1v) is 12.5. The minimum atomic E-state index is 0.446. The molecule has 1 heteroatoms. The Hall–Kier alpha value is -0.0400. The van der Waals surface area contributed by atoms with Gasteiger partial charge in [0.25, 0.3) is 0 Å². The monoisotopic (exact) mass is 367 g/mol. The number of hydrogen-bond acceptors (Lipinski definition) is 1. The summed E-state index contributed by atoms with van der Waals surface area (Å²) in [5, 5.41) is 0. The molecule has 0 aromatic carbocycles. The molecule has 0 rings (SSSR count). The Kier molecular flexibility index (Phi) is 21.2. The fraction of sp³-hybridized carbons (Fsp3) is 1.00. The fourth-order valence-electron chi connectivity index (χ4n) is 4.24. The highest BCUT2D eigenvalue weighted by atomic mass is 14.6. The molecule has 0 aliphatic rings. The summed E-state index contributed by atoms with van der Waals surface area (Å²) in [5.41, 5.74) is 6.31. The van der Waals surface area contributed by atoms with Crippen molar-refractivity contribution >= 4 is 0 Å². The van der Waals surface area contributed by atoms with Gasteiger partial charge in [0.1, 0.15) is 0 Å². The minimum absolute atomic E-state index is 0.446. The van der Waals surface area contributed by atoms with Gasteiger partial charge < -0.3 is 5.73 Å². The van der Waals surface area contributed by atoms with E-state index in [1.807, 2.05) is 0 Å². The number of rotatable bonds is 21. The van der Waals surface area contributed by atoms with E-state index in [1.165, 1.54) is 128 Å². The van der Waals surface area contributed by atoms with Crippen molar-refractivity contribution in [3.8, 4) is 0 Å². The summed E-state index contributed by atoms with van der Waals surface area (Å²) in [5.74, 6) is 0.765. The summed E-state index contributed by atoms with van der Waals surface area (Å²) in [6.07, 6.45) is 28.3. The molecule has 0 radical (unpaired) electrons. The van der Waals surface area contributed by atoms with Gasteiger partial charge in [-0.2, -0.15) is 0 Å². The molecule has 2 N–H and O–H groups in total. The van der Waals surface area contributed by atoms with Crippen molar-refractivity contribution in [2.24, 2.45) is 11.7 Å². The van der Waals surface area contributed by atoms with Crippen molar-refractivity contribution in [2.75, 3.05) is 0 Å². The molecule has 158 valence electrons. The van der Waals surface area contributed by atoms with Crippen LogP contribution in [-0.2, 0) is 0 Å². The third-order valence-corrected chi connectivity index (χ3v) is 6.18. The molecule has 2 unspecified atom stereocenters. The Labute approximate surface area is 167 Å². The van der Waals surface area contributed by atoms with Crippen LogP contribution in [0.4, 0.5) is 0 Å². The molecule has 26 heavy (non-hydrogen) atoms. The van der Waals surface area contributed by atoms with Crippen LogP contribution in [0.15, 0.2) is 0 Å². The molecule has 0 aliphatic carbocycles. The Morgan fingerprint density at radius 1 is 0.462 bits per heavy atom. The lowest BCUT2D eigenvalue weighted by atomic mass is 9.89. The first-order valence-electron chi connectivity index (χ1n) is 12.5. The van der Waals surface area contributed by atoms with E-state index in [1.54, 1.807) is 0 Å². The zero-order valence-electron chi connectivity index (χ0n) is 18.9. The van der Waals surface area contributed by atoms with E-state index < -0.39 is 0 Å². The van der Waals surface area contributed by atoms with Crippen LogP contribution in [0.2, 0.25) is 0 Å². The van der Waals surface area contributed by atoms with Gasteiger partial charge in [0.05, 0.1) is 0 Å². The van der Waals surface area contributed by atoms with Crippen LogP contribution < -0.4 is 5.73 Å². The highest BCUT2D eigenvalue weighted by molar-refractivity contribution is 4.71. The molecule has 0 amide bonds. The maximum atomic E-state index is 6.31. The molecule has 2 atom stereocenters. The summed E-state index contributed by atoms with van der Waals surface area (Å²) in [4.78, 5) is 0. The zero-order valence-corrected chi connectivity index (χ0v) is 18.9. The highest BCUT2D eigenvalue weighted by Gasteiger charge is 2.14. The number of hydrogen-bond donors (Lipinski definition) is 1. The lowest BCUT2D eigenvalue weighted by molar-refractivity contribution is 0.349. The topological polar surface area (TPSA) is 26.0 Å². The van der Waals surface area contributed by atoms with Crippen molar-refractivity contribution in [3.05, 3.63) is 0 Å². The van der Waals surface area contributed by atoms with E-state index in [2.05, 4.69) is 20.8 Å². The summed E-state index contributed by atoms with van der Waals surface area (Å²) in [6.45, 7) is 6.86. The van der Waals surface area contributed by atoms with Crippen molar-refractivity contribution in [3.63, 3.8) is 0 Å². The summed E-state index contributed by atoms with van der Waals surface area (Å²) >= 11 is 0. The van der Waals surface area contributed by atoms with E-state index in [0.717, 1.165) is 5.92 Å². The SMILES string of the molecule is CCCCCCCCCCCCCCCCCCC(CC)C(N)CCC. The van der Waals surface area contributed by atoms with Crippen molar-refractivity contribution in [1.82, 2.24) is 0 Å². The van der Waals surface area contributed by atoms with Crippen LogP contribution in [0.5, 0.6) is 0 Å². The third kappa shape index (κ3) is 17.4. The molecule has 0 heterocycles. The number of nitrogens with two attached hydrogens (primary N) is 1. The van der Waals surface area contributed by atoms with Gasteiger partial charge in [0.2, 0.25) is 0 Å². The lowest BCUT2D eigenvalue weighted by Gasteiger charge is -2.22. The molecule has 0 aliphatic heterocycles. The largest absolute Gasteiger partial charge is 0.327 e. The molecule has 0 fully saturated rings. The Bertz CT molecular complexity index is 251. The van der Waals surface area contributed by atoms with Gasteiger partial charge in [-0.15, -0.1) is 0 Å². The first kappa shape index (κ1) is 26.0. The maximum Gasteiger partial charge on any atom is 0.00669 e. The van der Waals surface area contributed by atoms with Crippen LogP contribution in [0.25, 0.3) is 0 Å². The molecule has 0 bridgehead atoms. The van der Waals surface area contributed by atoms with Gasteiger partial charge in [0, 0.05) is 6.04 Å². The normalized spacial score (nSPS) is 13.8. The first-order chi connectivity index (χ1) is 12.8. The quantitative estimate of drug-likeness (QED) is 0.201. The lowest BCUT2D eigenvalue weighted by Crippen LogP contribution is -2.29. The van der Waals surface area contributed by atoms with Gasteiger partial charge >= 0.3 is 0 Å². The second-order valence-electron chi connectivity index (χ2n) is 8.71. The fourth-order valence-corrected chi connectivity index (χ4v) is 4.24. The zero-order chi connectivity index (χ0) is 19.3. The molecule has 0 aromatic heterocycles. The van der Waals surface area contributed by atoms with E-state index in [-0.39, 0.29) is 0 Å². The molecule has 1 nitrogen and oxygen atoms in total. The molecule has 0 spiro atoms. The van der Waals surface area contributed by atoms with Crippen molar-refractivity contribution in [2.45, 2.75) is 155 Å². The molecular weight excluding hydrogens is 314 g/mol. The van der Waals surface area contributed by atoms with Crippen LogP contribution in [0, 0.1) is 5.92 Å². The molecule has 0 aromatic rings. The Morgan fingerprint density at radius 3 is 1.19 bits per heavy atom. The van der Waals surface area contributed by atoms with Gasteiger partial charge in [-0.3, -0.25) is 0 Å². The van der Waals surface area contributed by atoms with Crippen LogP contribution in [-0.4, -0.2) is 6.04 Å². The molecular formula is C25H53N. The van der Waals surface area contributed by atoms with Crippen molar-refractivity contribution in [1.29, 1.82) is 0 Å². The average molecular weight is 368 g/mol. The second-order valence-corrected chi connectivity index (χ2v) is 8.71. The van der Waals surface area contributed by atoms with E-state index in [9.17, 15) is 0 Å². The summed E-state index contributed by atoms with van der Waals surface area (Å²) in [7, 11) is 0. The van der Waals surface area contributed by atoms with Gasteiger partial charge in [0.15, 0.2) is 0 Å². The van der Waals surface area contributed by atoms with Crippen molar-refractivity contribution < 1.29 is 0 Å². The molecule has 0 saturated carbocycles. The third-order valence-electron chi connectivity index (χ3n) is 6.18. The smallest absolute Gasteiger partial charge is 0.00669 e. The standard InChI is InChI=1S/C25H53N/c1-4-7-8-9-10-11-12-13-14-15-16-17-18-19-20-21-23-24(6-3)25(26)22-5-2/h24-25H,4-23,26H2,1-3H3. The second kappa shape index (κ2) is 21.3. The summed E-state index contributed by atoms with van der Waals surface area (Å²) < 4.78 is 0. The van der Waals surface area contributed by atoms with Crippen LogP contribution in [0.3, 0.4) is 0 Å². The molecule has 0 saturated heterocycles. The Morgan fingerprint density at radius 2 is 0.846 bits per heavy atom. The minimum Gasteiger partial charge on any atom is -0.327 e. The Balaban J connectivity index is 3.21. The summed E-state index contributed by atoms with van der Waals surface area (Å²) in [6, 6.07) is 0.446. The predicted molar refractivity (Wildman–Crippen MR) is 121 cm³/mol. The van der Waals surface area contributed by atoms with E-state index in [0.29, 0.717) is 6.04 Å². The van der Waals surface area contributed by atoms with E-state index in [4.69, 9.17) is 5.73 Å². The average Bonchev–Trinajstić information content (AvgIpc) is 2.64. The maximum absolute atomic E-state index is 6.31. The van der Waals surface area contributed by atoms with Gasteiger partial charge in [-0.25, -0.2) is 0 Å². The van der Waals surface area contributed by atoms with Crippen LogP contribution >= 0.6 is 0 Å². The highest BCUT2D eigenvalue weighted by Crippen LogP contribution is 2.20. The van der Waals surface area contributed by atoms with Gasteiger partial charge in [-0.1, -0.05) is 136 Å². The van der Waals surface area contributed by atoms with Gasteiger partial charge in [-0.05, 0) is 18.8 Å². The predicted octanol–water partition coefficient (Wildman–Crippen LogP) is 8.79. The van der Waals surface area contributed by atoms with E-state index >= 15 is 0 Å².